The Kier molecular flexibility index (Phi) is 4.36. The number of allylic oxidation sites excluding steroid dienone is 1. The first kappa shape index (κ1) is 14.1. The smallest absolute Gasteiger partial charge is 0.318 e. The van der Waals surface area contributed by atoms with Crippen LogP contribution in [0.1, 0.15) is 24.0 Å². The van der Waals surface area contributed by atoms with Crippen LogP contribution in [0.15, 0.2) is 73.3 Å². The Morgan fingerprint density at radius 3 is 1.80 bits per heavy atom. The third kappa shape index (κ3) is 2.50. The molecule has 2 rings (SSSR count). The Morgan fingerprint density at radius 1 is 1.00 bits per heavy atom. The van der Waals surface area contributed by atoms with Gasteiger partial charge in [0.05, 0.1) is 0 Å². The van der Waals surface area contributed by atoms with Crippen LogP contribution in [-0.4, -0.2) is 11.1 Å². The molecule has 2 aromatic carbocycles. The van der Waals surface area contributed by atoms with E-state index in [2.05, 4.69) is 6.58 Å². The lowest BCUT2D eigenvalue weighted by Crippen LogP contribution is -2.37. The Balaban J connectivity index is 2.63. The zero-order valence-corrected chi connectivity index (χ0v) is 11.3. The van der Waals surface area contributed by atoms with Crippen molar-refractivity contribution >= 4 is 5.97 Å². The lowest BCUT2D eigenvalue weighted by Gasteiger charge is -2.30. The fourth-order valence-electron chi connectivity index (χ4n) is 2.57. The second-order valence-corrected chi connectivity index (χ2v) is 4.77. The maximum atomic E-state index is 12.1. The monoisotopic (exact) mass is 266 g/mol. The summed E-state index contributed by atoms with van der Waals surface area (Å²) in [5, 5.41) is 9.92. The highest BCUT2D eigenvalue weighted by Gasteiger charge is 2.41. The summed E-state index contributed by atoms with van der Waals surface area (Å²) >= 11 is 0. The molecular weight excluding hydrogens is 248 g/mol. The number of benzene rings is 2. The maximum absolute atomic E-state index is 12.1. The van der Waals surface area contributed by atoms with Gasteiger partial charge in [0.2, 0.25) is 0 Å². The Hall–Kier alpha value is -2.35. The molecule has 1 N–H and O–H groups in total. The molecule has 0 aliphatic heterocycles. The van der Waals surface area contributed by atoms with E-state index in [1.165, 1.54) is 0 Å². The van der Waals surface area contributed by atoms with Crippen molar-refractivity contribution in [3.05, 3.63) is 84.4 Å². The summed E-state index contributed by atoms with van der Waals surface area (Å²) in [5.74, 6) is -0.822. The van der Waals surface area contributed by atoms with Gasteiger partial charge in [-0.15, -0.1) is 6.58 Å². The lowest BCUT2D eigenvalue weighted by atomic mass is 9.71. The minimum absolute atomic E-state index is 0.500. The highest BCUT2D eigenvalue weighted by molar-refractivity contribution is 5.86. The molecule has 0 aromatic heterocycles. The van der Waals surface area contributed by atoms with E-state index >= 15 is 0 Å². The van der Waals surface area contributed by atoms with Crippen LogP contribution in [0.4, 0.5) is 0 Å². The molecule has 20 heavy (non-hydrogen) atoms. The molecule has 0 unspecified atom stereocenters. The predicted octanol–water partition coefficient (Wildman–Crippen LogP) is 4.02. The van der Waals surface area contributed by atoms with Crippen LogP contribution in [0.5, 0.6) is 0 Å². The third-order valence-electron chi connectivity index (χ3n) is 3.62. The Bertz CT molecular complexity index is 533. The van der Waals surface area contributed by atoms with E-state index < -0.39 is 11.4 Å². The fraction of sp³-hybridized carbons (Fsp3) is 0.167. The van der Waals surface area contributed by atoms with Gasteiger partial charge in [-0.2, -0.15) is 0 Å². The summed E-state index contributed by atoms with van der Waals surface area (Å²) in [7, 11) is 0. The molecule has 0 saturated carbocycles. The molecular formula is C18H18O2. The molecule has 2 nitrogen and oxygen atoms in total. The summed E-state index contributed by atoms with van der Waals surface area (Å²) < 4.78 is 0. The van der Waals surface area contributed by atoms with Crippen LogP contribution in [0.2, 0.25) is 0 Å². The second-order valence-electron chi connectivity index (χ2n) is 4.77. The predicted molar refractivity (Wildman–Crippen MR) is 80.7 cm³/mol. The van der Waals surface area contributed by atoms with Gasteiger partial charge in [-0.05, 0) is 24.0 Å². The van der Waals surface area contributed by atoms with Crippen LogP contribution < -0.4 is 0 Å². The fourth-order valence-corrected chi connectivity index (χ4v) is 2.57. The van der Waals surface area contributed by atoms with Gasteiger partial charge in [0.1, 0.15) is 5.41 Å². The topological polar surface area (TPSA) is 37.3 Å². The third-order valence-corrected chi connectivity index (χ3v) is 3.62. The molecule has 0 amide bonds. The minimum atomic E-state index is -1.02. The van der Waals surface area contributed by atoms with E-state index in [1.54, 1.807) is 6.08 Å². The summed E-state index contributed by atoms with van der Waals surface area (Å²) in [6, 6.07) is 18.8. The highest BCUT2D eigenvalue weighted by atomic mass is 16.4. The number of aliphatic carboxylic acids is 1. The molecule has 0 radical (unpaired) electrons. The van der Waals surface area contributed by atoms with Gasteiger partial charge in [0.15, 0.2) is 0 Å². The van der Waals surface area contributed by atoms with Gasteiger partial charge in [-0.1, -0.05) is 66.7 Å². The van der Waals surface area contributed by atoms with Gasteiger partial charge < -0.3 is 5.11 Å². The van der Waals surface area contributed by atoms with E-state index in [-0.39, 0.29) is 0 Å². The van der Waals surface area contributed by atoms with E-state index in [4.69, 9.17) is 0 Å². The minimum Gasteiger partial charge on any atom is -0.480 e. The van der Waals surface area contributed by atoms with Crippen molar-refractivity contribution in [1.29, 1.82) is 0 Å². The average Bonchev–Trinajstić information content (AvgIpc) is 2.50. The molecule has 0 aliphatic carbocycles. The highest BCUT2D eigenvalue weighted by Crippen LogP contribution is 2.37. The number of rotatable bonds is 6. The first-order valence-corrected chi connectivity index (χ1v) is 6.67. The number of hydrogen-bond acceptors (Lipinski definition) is 1. The molecule has 0 bridgehead atoms. The molecule has 0 heterocycles. The molecule has 0 spiro atoms. The zero-order valence-electron chi connectivity index (χ0n) is 11.3. The van der Waals surface area contributed by atoms with Crippen molar-refractivity contribution in [2.45, 2.75) is 18.3 Å². The van der Waals surface area contributed by atoms with E-state index in [0.29, 0.717) is 12.8 Å². The van der Waals surface area contributed by atoms with Crippen LogP contribution >= 0.6 is 0 Å². The normalized spacial score (nSPS) is 11.0. The van der Waals surface area contributed by atoms with Crippen LogP contribution in [0, 0.1) is 0 Å². The summed E-state index contributed by atoms with van der Waals surface area (Å²) in [6.07, 6.45) is 2.92. The first-order chi connectivity index (χ1) is 9.71. The number of carboxylic acids is 1. The standard InChI is InChI=1S/C18H18O2/c1-2-3-14-18(17(19)20,15-10-6-4-7-11-15)16-12-8-5-9-13-16/h2,4-13H,1,3,14H2,(H,19,20). The Morgan fingerprint density at radius 2 is 1.45 bits per heavy atom. The lowest BCUT2D eigenvalue weighted by molar-refractivity contribution is -0.142. The van der Waals surface area contributed by atoms with Crippen molar-refractivity contribution in [2.24, 2.45) is 0 Å². The van der Waals surface area contributed by atoms with Gasteiger partial charge in [-0.3, -0.25) is 4.79 Å². The van der Waals surface area contributed by atoms with Crippen molar-refractivity contribution in [1.82, 2.24) is 0 Å². The zero-order chi connectivity index (χ0) is 14.4. The van der Waals surface area contributed by atoms with Crippen LogP contribution in [-0.2, 0) is 10.2 Å². The molecule has 2 heteroatoms. The second kappa shape index (κ2) is 6.20. The van der Waals surface area contributed by atoms with Gasteiger partial charge in [0, 0.05) is 0 Å². The summed E-state index contributed by atoms with van der Waals surface area (Å²) in [6.45, 7) is 3.72. The van der Waals surface area contributed by atoms with Gasteiger partial charge in [0.25, 0.3) is 0 Å². The molecule has 0 aliphatic rings. The van der Waals surface area contributed by atoms with Gasteiger partial charge >= 0.3 is 5.97 Å². The van der Waals surface area contributed by atoms with E-state index in [1.807, 2.05) is 60.7 Å². The summed E-state index contributed by atoms with van der Waals surface area (Å²) in [5.41, 5.74) is 0.595. The molecule has 2 aromatic rings. The maximum Gasteiger partial charge on any atom is 0.318 e. The SMILES string of the molecule is C=CCCC(C(=O)O)(c1ccccc1)c1ccccc1. The Labute approximate surface area is 119 Å². The van der Waals surface area contributed by atoms with E-state index in [9.17, 15) is 9.90 Å². The largest absolute Gasteiger partial charge is 0.480 e. The van der Waals surface area contributed by atoms with Crippen LogP contribution in [0.25, 0.3) is 0 Å². The van der Waals surface area contributed by atoms with Crippen molar-refractivity contribution < 1.29 is 9.90 Å². The molecule has 0 fully saturated rings. The van der Waals surface area contributed by atoms with E-state index in [0.717, 1.165) is 11.1 Å². The number of carboxylic acid groups (broad SMARTS) is 1. The van der Waals surface area contributed by atoms with Crippen molar-refractivity contribution in [2.75, 3.05) is 0 Å². The summed E-state index contributed by atoms with van der Waals surface area (Å²) in [4.78, 5) is 12.1. The molecule has 0 atom stereocenters. The molecule has 102 valence electrons. The first-order valence-electron chi connectivity index (χ1n) is 6.67. The molecule has 0 saturated heterocycles. The quantitative estimate of drug-likeness (QED) is 0.802. The van der Waals surface area contributed by atoms with Gasteiger partial charge in [-0.25, -0.2) is 0 Å². The number of carbonyl (C=O) groups is 1. The average molecular weight is 266 g/mol. The van der Waals surface area contributed by atoms with Crippen molar-refractivity contribution in [3.63, 3.8) is 0 Å². The number of hydrogen-bond donors (Lipinski definition) is 1. The van der Waals surface area contributed by atoms with Crippen molar-refractivity contribution in [3.8, 4) is 0 Å². The van der Waals surface area contributed by atoms with Crippen LogP contribution in [0.3, 0.4) is 0 Å².